The first-order chi connectivity index (χ1) is 13.1. The summed E-state index contributed by atoms with van der Waals surface area (Å²) in [6.45, 7) is 2.60. The fourth-order valence-corrected chi connectivity index (χ4v) is 2.64. The molecular formula is C20H25N5O2. The summed E-state index contributed by atoms with van der Waals surface area (Å²) in [5, 5.41) is 7.58. The Hall–Kier alpha value is -3.09. The number of hydrogen-bond acceptors (Lipinski definition) is 6. The van der Waals surface area contributed by atoms with E-state index in [4.69, 9.17) is 4.42 Å². The predicted octanol–water partition coefficient (Wildman–Crippen LogP) is 4.05. The number of carbonyl (C=O) groups is 1. The van der Waals surface area contributed by atoms with E-state index in [-0.39, 0.29) is 5.91 Å². The molecule has 0 aliphatic carbocycles. The highest BCUT2D eigenvalue weighted by Crippen LogP contribution is 2.20. The SMILES string of the molecule is CCCCC(=O)n1nc(-c2ccco2)nc1NCc1ccc(N(C)C)cc1. The highest BCUT2D eigenvalue weighted by Gasteiger charge is 2.18. The van der Waals surface area contributed by atoms with Crippen molar-refractivity contribution in [2.75, 3.05) is 24.3 Å². The normalized spacial score (nSPS) is 10.8. The molecule has 142 valence electrons. The van der Waals surface area contributed by atoms with Gasteiger partial charge in [0.05, 0.1) is 6.26 Å². The molecule has 27 heavy (non-hydrogen) atoms. The van der Waals surface area contributed by atoms with Gasteiger partial charge in [-0.2, -0.15) is 9.67 Å². The minimum absolute atomic E-state index is 0.0763. The second kappa shape index (κ2) is 8.53. The molecule has 0 atom stereocenters. The van der Waals surface area contributed by atoms with E-state index in [9.17, 15) is 4.79 Å². The van der Waals surface area contributed by atoms with Crippen molar-refractivity contribution >= 4 is 17.5 Å². The molecule has 0 bridgehead atoms. The monoisotopic (exact) mass is 367 g/mol. The van der Waals surface area contributed by atoms with Crippen LogP contribution in [0.25, 0.3) is 11.6 Å². The van der Waals surface area contributed by atoms with Gasteiger partial charge in [0.25, 0.3) is 0 Å². The minimum Gasteiger partial charge on any atom is -0.461 e. The molecule has 2 heterocycles. The maximum absolute atomic E-state index is 12.5. The van der Waals surface area contributed by atoms with Crippen LogP contribution in [0.1, 0.15) is 36.5 Å². The fourth-order valence-electron chi connectivity index (χ4n) is 2.64. The number of hydrogen-bond donors (Lipinski definition) is 1. The number of nitrogens with one attached hydrogen (secondary N) is 1. The van der Waals surface area contributed by atoms with Crippen LogP contribution in [0.15, 0.2) is 47.1 Å². The smallest absolute Gasteiger partial charge is 0.250 e. The molecule has 7 nitrogen and oxygen atoms in total. The fraction of sp³-hybridized carbons (Fsp3) is 0.350. The molecule has 0 saturated carbocycles. The molecule has 1 N–H and O–H groups in total. The zero-order valence-electron chi connectivity index (χ0n) is 16.0. The summed E-state index contributed by atoms with van der Waals surface area (Å²) in [6.07, 6.45) is 3.77. The number of unbranched alkanes of at least 4 members (excludes halogenated alkanes) is 1. The van der Waals surface area contributed by atoms with Crippen molar-refractivity contribution in [3.05, 3.63) is 48.2 Å². The first-order valence-electron chi connectivity index (χ1n) is 9.12. The highest BCUT2D eigenvalue weighted by atomic mass is 16.3. The topological polar surface area (TPSA) is 76.2 Å². The summed E-state index contributed by atoms with van der Waals surface area (Å²) in [6, 6.07) is 11.8. The van der Waals surface area contributed by atoms with Gasteiger partial charge in [-0.1, -0.05) is 25.5 Å². The lowest BCUT2D eigenvalue weighted by atomic mass is 10.2. The average Bonchev–Trinajstić information content (AvgIpc) is 3.34. The summed E-state index contributed by atoms with van der Waals surface area (Å²) in [4.78, 5) is 19.0. The summed E-state index contributed by atoms with van der Waals surface area (Å²) in [5.41, 5.74) is 2.23. The Morgan fingerprint density at radius 3 is 2.63 bits per heavy atom. The van der Waals surface area contributed by atoms with Gasteiger partial charge >= 0.3 is 0 Å². The molecule has 0 unspecified atom stereocenters. The van der Waals surface area contributed by atoms with Crippen LogP contribution in [-0.2, 0) is 6.54 Å². The number of anilines is 2. The molecule has 0 spiro atoms. The largest absolute Gasteiger partial charge is 0.461 e. The standard InChI is InChI=1S/C20H25N5O2/c1-4-5-8-18(26)25-20(22-19(23-25)17-7-6-13-27-17)21-14-15-9-11-16(12-10-15)24(2)3/h6-7,9-13H,4-5,8,14H2,1-3H3,(H,21,22,23). The van der Waals surface area contributed by atoms with E-state index < -0.39 is 0 Å². The van der Waals surface area contributed by atoms with Crippen molar-refractivity contribution in [1.82, 2.24) is 14.8 Å². The van der Waals surface area contributed by atoms with Crippen LogP contribution < -0.4 is 10.2 Å². The first kappa shape index (κ1) is 18.7. The van der Waals surface area contributed by atoms with Crippen LogP contribution in [0, 0.1) is 0 Å². The number of rotatable bonds is 8. The van der Waals surface area contributed by atoms with Crippen LogP contribution >= 0.6 is 0 Å². The highest BCUT2D eigenvalue weighted by molar-refractivity contribution is 5.81. The number of nitrogens with zero attached hydrogens (tertiary/aromatic N) is 4. The van der Waals surface area contributed by atoms with Gasteiger partial charge in [-0.15, -0.1) is 5.10 Å². The van der Waals surface area contributed by atoms with Crippen LogP contribution in [0.3, 0.4) is 0 Å². The van der Waals surface area contributed by atoms with Crippen molar-refractivity contribution in [2.45, 2.75) is 32.7 Å². The van der Waals surface area contributed by atoms with Crippen LogP contribution in [0.5, 0.6) is 0 Å². The molecule has 3 aromatic rings. The first-order valence-corrected chi connectivity index (χ1v) is 9.12. The van der Waals surface area contributed by atoms with Crippen LogP contribution in [0.4, 0.5) is 11.6 Å². The summed E-state index contributed by atoms with van der Waals surface area (Å²) in [5.74, 6) is 1.29. The third-order valence-corrected chi connectivity index (χ3v) is 4.23. The van der Waals surface area contributed by atoms with Crippen LogP contribution in [-0.4, -0.2) is 34.8 Å². The second-order valence-electron chi connectivity index (χ2n) is 6.56. The molecule has 0 radical (unpaired) electrons. The zero-order valence-corrected chi connectivity index (χ0v) is 16.0. The summed E-state index contributed by atoms with van der Waals surface area (Å²) >= 11 is 0. The number of aromatic nitrogens is 3. The minimum atomic E-state index is -0.0763. The van der Waals surface area contributed by atoms with E-state index in [1.54, 1.807) is 18.4 Å². The van der Waals surface area contributed by atoms with E-state index in [2.05, 4.69) is 51.5 Å². The van der Waals surface area contributed by atoms with Gasteiger partial charge in [-0.05, 0) is 36.2 Å². The van der Waals surface area contributed by atoms with E-state index in [1.165, 1.54) is 4.68 Å². The van der Waals surface area contributed by atoms with Gasteiger partial charge in [0, 0.05) is 32.7 Å². The van der Waals surface area contributed by atoms with Crippen molar-refractivity contribution < 1.29 is 9.21 Å². The molecule has 1 aromatic carbocycles. The van der Waals surface area contributed by atoms with E-state index >= 15 is 0 Å². The molecule has 0 aliphatic heterocycles. The second-order valence-corrected chi connectivity index (χ2v) is 6.56. The Morgan fingerprint density at radius 2 is 2.00 bits per heavy atom. The lowest BCUT2D eigenvalue weighted by molar-refractivity contribution is 0.0886. The molecule has 0 aliphatic rings. The third-order valence-electron chi connectivity index (χ3n) is 4.23. The molecule has 0 saturated heterocycles. The number of carbonyl (C=O) groups excluding carboxylic acids is 1. The lowest BCUT2D eigenvalue weighted by Crippen LogP contribution is -2.16. The van der Waals surface area contributed by atoms with Gasteiger partial charge in [-0.25, -0.2) is 0 Å². The van der Waals surface area contributed by atoms with Crippen molar-refractivity contribution in [1.29, 1.82) is 0 Å². The van der Waals surface area contributed by atoms with E-state index in [0.29, 0.717) is 30.5 Å². The molecule has 3 rings (SSSR count). The molecule has 7 heteroatoms. The Bertz CT molecular complexity index is 866. The van der Waals surface area contributed by atoms with Gasteiger partial charge in [0.15, 0.2) is 5.76 Å². The van der Waals surface area contributed by atoms with Crippen LogP contribution in [0.2, 0.25) is 0 Å². The average molecular weight is 367 g/mol. The predicted molar refractivity (Wildman–Crippen MR) is 106 cm³/mol. The maximum Gasteiger partial charge on any atom is 0.250 e. The summed E-state index contributed by atoms with van der Waals surface area (Å²) in [7, 11) is 4.02. The molecule has 0 fully saturated rings. The van der Waals surface area contributed by atoms with E-state index in [1.807, 2.05) is 14.1 Å². The Balaban J connectivity index is 1.78. The number of benzene rings is 1. The van der Waals surface area contributed by atoms with E-state index in [0.717, 1.165) is 24.1 Å². The molecule has 2 aromatic heterocycles. The maximum atomic E-state index is 12.5. The van der Waals surface area contributed by atoms with Crippen molar-refractivity contribution in [3.63, 3.8) is 0 Å². The zero-order chi connectivity index (χ0) is 19.2. The van der Waals surface area contributed by atoms with Gasteiger partial charge in [0.1, 0.15) is 0 Å². The van der Waals surface area contributed by atoms with Crippen molar-refractivity contribution in [2.24, 2.45) is 0 Å². The summed E-state index contributed by atoms with van der Waals surface area (Å²) < 4.78 is 6.71. The van der Waals surface area contributed by atoms with Gasteiger partial charge in [0.2, 0.25) is 17.7 Å². The quantitative estimate of drug-likeness (QED) is 0.647. The molecule has 0 amide bonds. The Labute approximate surface area is 159 Å². The molecular weight excluding hydrogens is 342 g/mol. The van der Waals surface area contributed by atoms with Gasteiger partial charge in [-0.3, -0.25) is 4.79 Å². The lowest BCUT2D eigenvalue weighted by Gasteiger charge is -2.13. The number of furan rings is 1. The van der Waals surface area contributed by atoms with Gasteiger partial charge < -0.3 is 14.6 Å². The Kier molecular flexibility index (Phi) is 5.90. The third kappa shape index (κ3) is 4.55. The van der Waals surface area contributed by atoms with Crippen molar-refractivity contribution in [3.8, 4) is 11.6 Å². The Morgan fingerprint density at radius 1 is 1.22 bits per heavy atom.